The fraction of sp³-hybridized carbons (Fsp3) is 0.190. The zero-order valence-corrected chi connectivity index (χ0v) is 14.2. The summed E-state index contributed by atoms with van der Waals surface area (Å²) in [5.41, 5.74) is 4.46. The predicted octanol–water partition coefficient (Wildman–Crippen LogP) is 2.72. The Morgan fingerprint density at radius 3 is 2.69 bits per heavy atom. The van der Waals surface area contributed by atoms with Crippen LogP contribution >= 0.6 is 0 Å². The first-order valence-electron chi connectivity index (χ1n) is 8.73. The van der Waals surface area contributed by atoms with Gasteiger partial charge in [-0.15, -0.1) is 0 Å². The number of amides is 1. The van der Waals surface area contributed by atoms with E-state index in [1.165, 1.54) is 17.2 Å². The molecule has 2 aromatic carbocycles. The van der Waals surface area contributed by atoms with Crippen molar-refractivity contribution in [2.45, 2.75) is 25.3 Å². The van der Waals surface area contributed by atoms with Gasteiger partial charge in [0.2, 0.25) is 0 Å². The topological polar surface area (TPSA) is 74.8 Å². The van der Waals surface area contributed by atoms with Gasteiger partial charge in [-0.05, 0) is 48.6 Å². The van der Waals surface area contributed by atoms with Gasteiger partial charge in [0.25, 0.3) is 11.5 Å². The number of rotatable bonds is 3. The minimum atomic E-state index is -0.250. The van der Waals surface area contributed by atoms with E-state index in [0.717, 1.165) is 24.8 Å². The van der Waals surface area contributed by atoms with E-state index in [9.17, 15) is 9.59 Å². The van der Waals surface area contributed by atoms with Crippen molar-refractivity contribution in [3.8, 4) is 11.3 Å². The summed E-state index contributed by atoms with van der Waals surface area (Å²) in [6.45, 7) is 0. The molecule has 0 bridgehead atoms. The lowest BCUT2D eigenvalue weighted by atomic mass is 9.88. The van der Waals surface area contributed by atoms with Crippen LogP contribution in [0.1, 0.15) is 27.9 Å². The van der Waals surface area contributed by atoms with Crippen molar-refractivity contribution in [2.75, 3.05) is 0 Å². The van der Waals surface area contributed by atoms with E-state index < -0.39 is 0 Å². The highest BCUT2D eigenvalue weighted by Gasteiger charge is 2.20. The molecule has 0 fully saturated rings. The summed E-state index contributed by atoms with van der Waals surface area (Å²) in [7, 11) is 0. The molecule has 3 aromatic rings. The fourth-order valence-electron chi connectivity index (χ4n) is 3.41. The number of aromatic amines is 1. The average Bonchev–Trinajstić information content (AvgIpc) is 2.68. The van der Waals surface area contributed by atoms with Gasteiger partial charge in [-0.1, -0.05) is 36.4 Å². The van der Waals surface area contributed by atoms with Crippen LogP contribution in [0.5, 0.6) is 0 Å². The largest absolute Gasteiger partial charge is 0.349 e. The highest BCUT2D eigenvalue weighted by atomic mass is 16.1. The van der Waals surface area contributed by atoms with Crippen LogP contribution in [0.4, 0.5) is 0 Å². The van der Waals surface area contributed by atoms with Crippen LogP contribution in [0.15, 0.2) is 65.5 Å². The maximum absolute atomic E-state index is 12.7. The van der Waals surface area contributed by atoms with Crippen LogP contribution < -0.4 is 10.9 Å². The van der Waals surface area contributed by atoms with E-state index in [0.29, 0.717) is 11.3 Å². The maximum Gasteiger partial charge on any atom is 0.264 e. The SMILES string of the molecule is O=C(NC1CCc2ccccc2C1)c1cccc(-c2ccc(=O)[nH]n2)c1. The molecule has 5 heteroatoms. The molecule has 0 aliphatic heterocycles. The van der Waals surface area contributed by atoms with Crippen LogP contribution in [-0.4, -0.2) is 22.1 Å². The Kier molecular flexibility index (Phi) is 4.35. The number of benzene rings is 2. The summed E-state index contributed by atoms with van der Waals surface area (Å²) in [6.07, 6.45) is 2.80. The fourth-order valence-corrected chi connectivity index (χ4v) is 3.41. The summed E-state index contributed by atoms with van der Waals surface area (Å²) < 4.78 is 0. The number of carbonyl (C=O) groups excluding carboxylic acids is 1. The molecule has 1 unspecified atom stereocenters. The lowest BCUT2D eigenvalue weighted by molar-refractivity contribution is 0.0933. The van der Waals surface area contributed by atoms with Gasteiger partial charge in [0.15, 0.2) is 0 Å². The Morgan fingerprint density at radius 2 is 1.88 bits per heavy atom. The van der Waals surface area contributed by atoms with Crippen LogP contribution in [0.25, 0.3) is 11.3 Å². The standard InChI is InChI=1S/C21H19N3O2/c25-20-11-10-19(23-24-20)16-6-3-7-17(12-16)21(26)22-18-9-8-14-4-1-2-5-15(14)13-18/h1-7,10-12,18H,8-9,13H2,(H,22,26)(H,24,25). The second-order valence-electron chi connectivity index (χ2n) is 6.57. The first-order valence-corrected chi connectivity index (χ1v) is 8.73. The third-order valence-electron chi connectivity index (χ3n) is 4.78. The molecule has 0 spiro atoms. The molecule has 0 saturated carbocycles. The van der Waals surface area contributed by atoms with Crippen LogP contribution in [-0.2, 0) is 12.8 Å². The molecular weight excluding hydrogens is 326 g/mol. The Balaban J connectivity index is 1.50. The normalized spacial score (nSPS) is 15.9. The number of hydrogen-bond donors (Lipinski definition) is 2. The monoisotopic (exact) mass is 345 g/mol. The quantitative estimate of drug-likeness (QED) is 0.766. The number of hydrogen-bond acceptors (Lipinski definition) is 3. The summed E-state index contributed by atoms with van der Waals surface area (Å²) in [5, 5.41) is 9.58. The molecule has 1 amide bonds. The molecule has 1 aliphatic carbocycles. The summed E-state index contributed by atoms with van der Waals surface area (Å²) in [4.78, 5) is 23.8. The molecule has 1 aromatic heterocycles. The second-order valence-corrected chi connectivity index (χ2v) is 6.57. The van der Waals surface area contributed by atoms with Gasteiger partial charge in [-0.3, -0.25) is 9.59 Å². The highest BCUT2D eigenvalue weighted by Crippen LogP contribution is 2.22. The first-order chi connectivity index (χ1) is 12.7. The zero-order valence-electron chi connectivity index (χ0n) is 14.2. The minimum absolute atomic E-state index is 0.0827. The van der Waals surface area contributed by atoms with Crippen LogP contribution in [0.2, 0.25) is 0 Å². The molecule has 1 aliphatic rings. The average molecular weight is 345 g/mol. The Bertz CT molecular complexity index is 989. The number of nitrogens with one attached hydrogen (secondary N) is 2. The van der Waals surface area contributed by atoms with Crippen molar-refractivity contribution in [1.82, 2.24) is 15.5 Å². The van der Waals surface area contributed by atoms with Crippen LogP contribution in [0, 0.1) is 0 Å². The van der Waals surface area contributed by atoms with Crippen molar-refractivity contribution in [3.05, 3.63) is 87.7 Å². The lowest BCUT2D eigenvalue weighted by Crippen LogP contribution is -2.38. The molecule has 1 atom stereocenters. The van der Waals surface area contributed by atoms with Crippen molar-refractivity contribution >= 4 is 5.91 Å². The van der Waals surface area contributed by atoms with Crippen molar-refractivity contribution in [2.24, 2.45) is 0 Å². The summed E-state index contributed by atoms with van der Waals surface area (Å²) in [6, 6.07) is 18.9. The zero-order chi connectivity index (χ0) is 17.9. The van der Waals surface area contributed by atoms with Gasteiger partial charge in [-0.25, -0.2) is 5.10 Å². The molecule has 2 N–H and O–H groups in total. The van der Waals surface area contributed by atoms with E-state index >= 15 is 0 Å². The molecule has 1 heterocycles. The van der Waals surface area contributed by atoms with Gasteiger partial charge < -0.3 is 5.32 Å². The highest BCUT2D eigenvalue weighted by molar-refractivity contribution is 5.95. The van der Waals surface area contributed by atoms with Crippen molar-refractivity contribution in [1.29, 1.82) is 0 Å². The first kappa shape index (κ1) is 16.3. The number of aryl methyl sites for hydroxylation is 1. The van der Waals surface area contributed by atoms with E-state index in [-0.39, 0.29) is 17.5 Å². The third-order valence-corrected chi connectivity index (χ3v) is 4.78. The number of carbonyl (C=O) groups is 1. The van der Waals surface area contributed by atoms with Crippen molar-refractivity contribution < 1.29 is 4.79 Å². The van der Waals surface area contributed by atoms with Gasteiger partial charge in [0.05, 0.1) is 5.69 Å². The van der Waals surface area contributed by atoms with E-state index in [1.54, 1.807) is 18.2 Å². The Labute approximate surface area is 151 Å². The Morgan fingerprint density at radius 1 is 1.04 bits per heavy atom. The number of aromatic nitrogens is 2. The number of H-pyrrole nitrogens is 1. The minimum Gasteiger partial charge on any atom is -0.349 e. The van der Waals surface area contributed by atoms with E-state index in [4.69, 9.17) is 0 Å². The third kappa shape index (κ3) is 3.42. The summed E-state index contributed by atoms with van der Waals surface area (Å²) >= 11 is 0. The van der Waals surface area contributed by atoms with E-state index in [1.807, 2.05) is 18.2 Å². The molecule has 4 rings (SSSR count). The molecule has 0 saturated heterocycles. The molecule has 5 nitrogen and oxygen atoms in total. The van der Waals surface area contributed by atoms with Crippen molar-refractivity contribution in [3.63, 3.8) is 0 Å². The van der Waals surface area contributed by atoms with Gasteiger partial charge in [-0.2, -0.15) is 5.10 Å². The predicted molar refractivity (Wildman–Crippen MR) is 100 cm³/mol. The lowest BCUT2D eigenvalue weighted by Gasteiger charge is -2.25. The number of fused-ring (bicyclic) bond motifs is 1. The Hall–Kier alpha value is -3.21. The second kappa shape index (κ2) is 6.96. The summed E-state index contributed by atoms with van der Waals surface area (Å²) in [5.74, 6) is -0.0827. The molecule has 26 heavy (non-hydrogen) atoms. The van der Waals surface area contributed by atoms with Gasteiger partial charge >= 0.3 is 0 Å². The molecule has 0 radical (unpaired) electrons. The van der Waals surface area contributed by atoms with Gasteiger partial charge in [0.1, 0.15) is 0 Å². The number of nitrogens with zero attached hydrogens (tertiary/aromatic N) is 1. The van der Waals surface area contributed by atoms with Gasteiger partial charge in [0, 0.05) is 23.2 Å². The van der Waals surface area contributed by atoms with E-state index in [2.05, 4.69) is 33.7 Å². The molecule has 130 valence electrons. The smallest absolute Gasteiger partial charge is 0.264 e. The molecular formula is C21H19N3O2. The van der Waals surface area contributed by atoms with Crippen LogP contribution in [0.3, 0.4) is 0 Å². The maximum atomic E-state index is 12.7.